The zero-order chi connectivity index (χ0) is 19.7. The number of hydrogen-bond donors (Lipinski definition) is 1. The van der Waals surface area contributed by atoms with Crippen LogP contribution in [0, 0.1) is 11.8 Å². The number of anilines is 2. The number of nitrogens with zero attached hydrogens (tertiary/aromatic N) is 2. The molecule has 1 N–H and O–H groups in total. The van der Waals surface area contributed by atoms with Gasteiger partial charge in [0.25, 0.3) is 0 Å². The average molecular weight is 366 g/mol. The first kappa shape index (κ1) is 19.4. The van der Waals surface area contributed by atoms with E-state index in [9.17, 15) is 4.79 Å². The molecule has 144 valence electrons. The second-order valence-electron chi connectivity index (χ2n) is 8.07. The summed E-state index contributed by atoms with van der Waals surface area (Å²) in [5, 5.41) is 3.77. The van der Waals surface area contributed by atoms with Crippen molar-refractivity contribution in [2.45, 2.75) is 25.9 Å². The molecule has 2 aromatic rings. The highest BCUT2D eigenvalue weighted by atomic mass is 16.1. The molecule has 4 heteroatoms. The van der Waals surface area contributed by atoms with Gasteiger partial charge in [-0.15, -0.1) is 0 Å². The summed E-state index contributed by atoms with van der Waals surface area (Å²) >= 11 is 0. The molecule has 1 saturated heterocycles. The Morgan fingerprint density at radius 2 is 1.00 bits per heavy atom. The third-order valence-electron chi connectivity index (χ3n) is 5.79. The summed E-state index contributed by atoms with van der Waals surface area (Å²) in [5.74, 6) is 0.252. The number of benzene rings is 2. The van der Waals surface area contributed by atoms with Gasteiger partial charge in [-0.25, -0.2) is 0 Å². The topological polar surface area (TPSA) is 35.6 Å². The molecule has 1 aliphatic heterocycles. The van der Waals surface area contributed by atoms with Crippen LogP contribution in [0.3, 0.4) is 0 Å². The van der Waals surface area contributed by atoms with Gasteiger partial charge in [0.2, 0.25) is 0 Å². The minimum Gasteiger partial charge on any atom is -0.378 e. The highest BCUT2D eigenvalue weighted by Crippen LogP contribution is 2.38. The molecule has 1 heterocycles. The summed E-state index contributed by atoms with van der Waals surface area (Å²) in [6.45, 7) is 4.09. The number of ketones is 1. The lowest BCUT2D eigenvalue weighted by atomic mass is 9.76. The van der Waals surface area contributed by atoms with Gasteiger partial charge in [0, 0.05) is 63.5 Å². The van der Waals surface area contributed by atoms with E-state index >= 15 is 0 Å². The fourth-order valence-corrected chi connectivity index (χ4v) is 3.95. The molecule has 2 aromatic carbocycles. The average Bonchev–Trinajstić information content (AvgIpc) is 2.66. The van der Waals surface area contributed by atoms with Crippen molar-refractivity contribution < 1.29 is 4.79 Å². The van der Waals surface area contributed by atoms with E-state index < -0.39 is 0 Å². The van der Waals surface area contributed by atoms with Crippen molar-refractivity contribution in [1.29, 1.82) is 0 Å². The van der Waals surface area contributed by atoms with Crippen molar-refractivity contribution in [2.75, 3.05) is 38.0 Å². The van der Waals surface area contributed by atoms with Crippen LogP contribution in [-0.4, -0.2) is 34.0 Å². The van der Waals surface area contributed by atoms with E-state index in [2.05, 4.69) is 63.6 Å². The Bertz CT molecular complexity index is 715. The van der Waals surface area contributed by atoms with E-state index in [1.165, 1.54) is 11.1 Å². The minimum atomic E-state index is -0.0393. The van der Waals surface area contributed by atoms with Gasteiger partial charge >= 0.3 is 0 Å². The first-order chi connectivity index (χ1) is 12.8. The number of carbonyl (C=O) groups excluding carboxylic acids is 1. The van der Waals surface area contributed by atoms with Crippen molar-refractivity contribution in [2.24, 2.45) is 11.8 Å². The highest BCUT2D eigenvalue weighted by Gasteiger charge is 2.40. The monoisotopic (exact) mass is 365 g/mol. The number of carbonyl (C=O) groups is 1. The molecule has 1 fully saturated rings. The summed E-state index contributed by atoms with van der Waals surface area (Å²) in [4.78, 5) is 17.2. The first-order valence-corrected chi connectivity index (χ1v) is 9.64. The fourth-order valence-electron chi connectivity index (χ4n) is 3.95. The van der Waals surface area contributed by atoms with Crippen molar-refractivity contribution in [1.82, 2.24) is 5.32 Å². The number of piperidine rings is 1. The second kappa shape index (κ2) is 7.73. The molecule has 4 atom stereocenters. The van der Waals surface area contributed by atoms with Crippen LogP contribution in [0.15, 0.2) is 48.5 Å². The standard InChI is InChI=1S/C23H31N3O/c1-15-21(17-7-11-19(12-8-17)25(3)4)24-22(16(2)23(15)27)18-9-13-20(14-10-18)26(5)6/h7-16,21-22,24H,1-6H3/t15-,16-,21+,22+/m1/s1. The predicted octanol–water partition coefficient (Wildman–Crippen LogP) is 4.05. The Kier molecular flexibility index (Phi) is 5.56. The number of nitrogens with one attached hydrogen (secondary N) is 1. The molecule has 3 rings (SSSR count). The van der Waals surface area contributed by atoms with E-state index in [1.807, 2.05) is 42.0 Å². The molecule has 0 radical (unpaired) electrons. The maximum atomic E-state index is 13.0. The zero-order valence-electron chi connectivity index (χ0n) is 17.2. The van der Waals surface area contributed by atoms with Gasteiger partial charge in [-0.1, -0.05) is 38.1 Å². The van der Waals surface area contributed by atoms with Crippen LogP contribution in [0.1, 0.15) is 37.1 Å². The number of hydrogen-bond acceptors (Lipinski definition) is 4. The van der Waals surface area contributed by atoms with E-state index in [1.54, 1.807) is 0 Å². The Morgan fingerprint density at radius 3 is 1.30 bits per heavy atom. The summed E-state index contributed by atoms with van der Waals surface area (Å²) in [6, 6.07) is 17.1. The molecule has 4 nitrogen and oxygen atoms in total. The lowest BCUT2D eigenvalue weighted by Gasteiger charge is -2.39. The largest absolute Gasteiger partial charge is 0.378 e. The number of rotatable bonds is 4. The predicted molar refractivity (Wildman–Crippen MR) is 113 cm³/mol. The molecule has 0 spiro atoms. The van der Waals surface area contributed by atoms with Crippen LogP contribution in [0.5, 0.6) is 0 Å². The Labute approximate surface area is 163 Å². The lowest BCUT2D eigenvalue weighted by Crippen LogP contribution is -2.46. The van der Waals surface area contributed by atoms with Crippen LogP contribution >= 0.6 is 0 Å². The molecule has 0 bridgehead atoms. The van der Waals surface area contributed by atoms with Gasteiger partial charge in [-0.2, -0.15) is 0 Å². The molecule has 27 heavy (non-hydrogen) atoms. The summed E-state index contributed by atoms with van der Waals surface area (Å²) in [7, 11) is 8.15. The number of Topliss-reactive ketones (excluding diaryl/α,β-unsaturated/α-hetero) is 1. The van der Waals surface area contributed by atoms with Gasteiger partial charge in [0.1, 0.15) is 5.78 Å². The van der Waals surface area contributed by atoms with Crippen LogP contribution < -0.4 is 15.1 Å². The van der Waals surface area contributed by atoms with Crippen LogP contribution in [0.25, 0.3) is 0 Å². The SMILES string of the molecule is C[C@H]1C(=O)[C@H](C)[C@@H](c2ccc(N(C)C)cc2)N[C@@H]1c1ccc(N(C)C)cc1. The second-order valence-corrected chi connectivity index (χ2v) is 8.07. The maximum Gasteiger partial charge on any atom is 0.142 e. The molecule has 1 aliphatic rings. The van der Waals surface area contributed by atoms with E-state index in [0.29, 0.717) is 5.78 Å². The highest BCUT2D eigenvalue weighted by molar-refractivity contribution is 5.85. The van der Waals surface area contributed by atoms with Crippen LogP contribution in [-0.2, 0) is 4.79 Å². The van der Waals surface area contributed by atoms with Gasteiger partial charge in [-0.05, 0) is 35.4 Å². The van der Waals surface area contributed by atoms with E-state index in [-0.39, 0.29) is 23.9 Å². The smallest absolute Gasteiger partial charge is 0.142 e. The Balaban J connectivity index is 1.89. The van der Waals surface area contributed by atoms with E-state index in [4.69, 9.17) is 0 Å². The van der Waals surface area contributed by atoms with Crippen molar-refractivity contribution in [3.8, 4) is 0 Å². The Morgan fingerprint density at radius 1 is 0.667 bits per heavy atom. The van der Waals surface area contributed by atoms with Gasteiger partial charge < -0.3 is 15.1 Å². The maximum absolute atomic E-state index is 13.0. The fraction of sp³-hybridized carbons (Fsp3) is 0.435. The summed E-state index contributed by atoms with van der Waals surface area (Å²) in [5.41, 5.74) is 4.67. The quantitative estimate of drug-likeness (QED) is 0.887. The first-order valence-electron chi connectivity index (χ1n) is 9.64. The van der Waals surface area contributed by atoms with Gasteiger partial charge in [0.15, 0.2) is 0 Å². The summed E-state index contributed by atoms with van der Waals surface area (Å²) < 4.78 is 0. The molecule has 0 aliphatic carbocycles. The molecule has 0 saturated carbocycles. The lowest BCUT2D eigenvalue weighted by molar-refractivity contribution is -0.130. The summed E-state index contributed by atoms with van der Waals surface area (Å²) in [6.07, 6.45) is 0. The van der Waals surface area contributed by atoms with E-state index in [0.717, 1.165) is 11.4 Å². The molecule has 0 amide bonds. The zero-order valence-corrected chi connectivity index (χ0v) is 17.2. The minimum absolute atomic E-state index is 0.0310. The van der Waals surface area contributed by atoms with Gasteiger partial charge in [0.05, 0.1) is 0 Å². The Hall–Kier alpha value is -2.33. The molecular formula is C23H31N3O. The van der Waals surface area contributed by atoms with Crippen molar-refractivity contribution in [3.63, 3.8) is 0 Å². The van der Waals surface area contributed by atoms with Gasteiger partial charge in [-0.3, -0.25) is 4.79 Å². The normalized spacial score (nSPS) is 25.3. The molecular weight excluding hydrogens is 334 g/mol. The molecule has 0 unspecified atom stereocenters. The molecule has 0 aromatic heterocycles. The van der Waals surface area contributed by atoms with Crippen LogP contribution in [0.2, 0.25) is 0 Å². The van der Waals surface area contributed by atoms with Crippen molar-refractivity contribution >= 4 is 17.2 Å². The third-order valence-corrected chi connectivity index (χ3v) is 5.79. The van der Waals surface area contributed by atoms with Crippen molar-refractivity contribution in [3.05, 3.63) is 59.7 Å². The third kappa shape index (κ3) is 3.86. The van der Waals surface area contributed by atoms with Crippen LogP contribution in [0.4, 0.5) is 11.4 Å².